The average molecular weight is 316 g/mol. The second-order valence-electron chi connectivity index (χ2n) is 4.69. The molecule has 0 radical (unpaired) electrons. The molecule has 0 aliphatic rings. The smallest absolute Gasteiger partial charge is 0.312 e. The van der Waals surface area contributed by atoms with E-state index in [4.69, 9.17) is 5.73 Å². The Balaban J connectivity index is 0. The molecule has 0 aromatic carbocycles. The summed E-state index contributed by atoms with van der Waals surface area (Å²) in [5.41, 5.74) is 4.90. The van der Waals surface area contributed by atoms with Gasteiger partial charge in [-0.25, -0.2) is 4.79 Å². The molecule has 0 fully saturated rings. The maximum absolute atomic E-state index is 11.9. The third-order valence-corrected chi connectivity index (χ3v) is 2.68. The van der Waals surface area contributed by atoms with Gasteiger partial charge in [0.15, 0.2) is 0 Å². The molecule has 0 spiro atoms. The molecular formula is C14H28N4O4. The normalized spacial score (nSPS) is 12.2. The van der Waals surface area contributed by atoms with Crippen LogP contribution in [0.25, 0.3) is 0 Å². The molecule has 0 aromatic heterocycles. The number of nitrogens with one attached hydrogen (secondary N) is 3. The average Bonchev–Trinajstić information content (AvgIpc) is 2.49. The van der Waals surface area contributed by atoms with Gasteiger partial charge in [-0.3, -0.25) is 9.59 Å². The summed E-state index contributed by atoms with van der Waals surface area (Å²) in [7, 11) is 0. The third kappa shape index (κ3) is 10.6. The molecule has 8 nitrogen and oxygen atoms in total. The van der Waals surface area contributed by atoms with Crippen molar-refractivity contribution in [2.75, 3.05) is 6.54 Å². The maximum Gasteiger partial charge on any atom is 0.312 e. The highest BCUT2D eigenvalue weighted by atomic mass is 16.2. The summed E-state index contributed by atoms with van der Waals surface area (Å²) in [6, 6.07) is -1.97. The maximum atomic E-state index is 11.9. The van der Waals surface area contributed by atoms with Gasteiger partial charge >= 0.3 is 6.03 Å². The lowest BCUT2D eigenvalue weighted by atomic mass is 10.0. The number of carbonyl (C=O) groups excluding carboxylic acids is 4. The first-order valence-corrected chi connectivity index (χ1v) is 7.41. The van der Waals surface area contributed by atoms with Crippen LogP contribution in [0, 0.1) is 5.92 Å². The van der Waals surface area contributed by atoms with E-state index in [0.29, 0.717) is 32.1 Å². The molecule has 5 N–H and O–H groups in total. The molecule has 4 amide bonds. The second kappa shape index (κ2) is 13.8. The first-order valence-electron chi connectivity index (χ1n) is 7.41. The van der Waals surface area contributed by atoms with E-state index < -0.39 is 24.0 Å². The number of carbonyl (C=O) groups is 4. The Bertz CT molecular complexity index is 348. The summed E-state index contributed by atoms with van der Waals surface area (Å²) in [6.45, 7) is 7.90. The molecule has 128 valence electrons. The predicted molar refractivity (Wildman–Crippen MR) is 84.0 cm³/mol. The molecule has 0 rings (SSSR count). The van der Waals surface area contributed by atoms with Gasteiger partial charge in [0, 0.05) is 6.54 Å². The fourth-order valence-electron chi connectivity index (χ4n) is 1.62. The minimum Gasteiger partial charge on any atom is -0.352 e. The zero-order valence-electron chi connectivity index (χ0n) is 13.7. The topological polar surface area (TPSA) is 130 Å². The van der Waals surface area contributed by atoms with Crippen LogP contribution in [0.5, 0.6) is 0 Å². The highest BCUT2D eigenvalue weighted by Crippen LogP contribution is 2.02. The van der Waals surface area contributed by atoms with Crippen molar-refractivity contribution >= 4 is 24.6 Å². The van der Waals surface area contributed by atoms with Crippen LogP contribution in [0.1, 0.15) is 40.5 Å². The molecular weight excluding hydrogens is 288 g/mol. The van der Waals surface area contributed by atoms with Crippen LogP contribution in [0.3, 0.4) is 0 Å². The van der Waals surface area contributed by atoms with E-state index in [0.717, 1.165) is 0 Å². The van der Waals surface area contributed by atoms with Gasteiger partial charge in [-0.2, -0.15) is 0 Å². The van der Waals surface area contributed by atoms with E-state index in [1.165, 1.54) is 0 Å². The van der Waals surface area contributed by atoms with Gasteiger partial charge in [-0.15, -0.1) is 0 Å². The Morgan fingerprint density at radius 2 is 1.77 bits per heavy atom. The predicted octanol–water partition coefficient (Wildman–Crippen LogP) is -0.0846. The minimum absolute atomic E-state index is 0.0935. The molecule has 0 saturated heterocycles. The molecule has 0 heterocycles. The monoisotopic (exact) mass is 316 g/mol. The molecule has 8 heteroatoms. The van der Waals surface area contributed by atoms with Crippen LogP contribution in [-0.2, 0) is 14.4 Å². The van der Waals surface area contributed by atoms with Gasteiger partial charge < -0.3 is 26.5 Å². The van der Waals surface area contributed by atoms with Gasteiger partial charge in [0.2, 0.25) is 12.3 Å². The number of hydrogen-bond acceptors (Lipinski definition) is 4. The number of hydrogen-bond donors (Lipinski definition) is 4. The Morgan fingerprint density at radius 1 is 1.18 bits per heavy atom. The summed E-state index contributed by atoms with van der Waals surface area (Å²) in [5, 5.41) is 7.35. The fraction of sp³-hybridized carbons (Fsp3) is 0.714. The summed E-state index contributed by atoms with van der Waals surface area (Å²) >= 11 is 0. The Hall–Kier alpha value is -2.12. The van der Waals surface area contributed by atoms with E-state index in [2.05, 4.69) is 16.0 Å². The van der Waals surface area contributed by atoms with Crippen LogP contribution >= 0.6 is 0 Å². The van der Waals surface area contributed by atoms with Crippen molar-refractivity contribution in [3.05, 3.63) is 0 Å². The van der Waals surface area contributed by atoms with Crippen molar-refractivity contribution in [3.63, 3.8) is 0 Å². The molecule has 0 bridgehead atoms. The lowest BCUT2D eigenvalue weighted by Gasteiger charge is -2.21. The molecule has 0 aromatic rings. The van der Waals surface area contributed by atoms with Crippen LogP contribution in [0.2, 0.25) is 0 Å². The van der Waals surface area contributed by atoms with Crippen molar-refractivity contribution in [2.45, 2.75) is 52.6 Å². The summed E-state index contributed by atoms with van der Waals surface area (Å²) < 4.78 is 0. The Morgan fingerprint density at radius 3 is 2.18 bits per heavy atom. The molecule has 0 aliphatic carbocycles. The number of aldehydes is 1. The minimum atomic E-state index is -0.682. The number of rotatable bonds is 10. The first kappa shape index (κ1) is 22.2. The van der Waals surface area contributed by atoms with Gasteiger partial charge in [-0.1, -0.05) is 27.7 Å². The van der Waals surface area contributed by atoms with E-state index in [1.807, 2.05) is 13.8 Å². The standard InChI is InChI=1S/C12H22N4O4.C2H6/c1-8(2)10(15-7-18)11(19)16-9(6-17)4-3-5-14-12(13)20;1-2/h6-10H,3-5H2,1-2H3,(H,15,18)(H,16,19)(H3,13,14,20);1-2H3. The van der Waals surface area contributed by atoms with E-state index in [9.17, 15) is 19.2 Å². The zero-order chi connectivity index (χ0) is 17.5. The number of urea groups is 1. The Labute approximate surface area is 131 Å². The van der Waals surface area contributed by atoms with Crippen molar-refractivity contribution in [1.29, 1.82) is 0 Å². The number of amides is 4. The first-order chi connectivity index (χ1) is 10.4. The molecule has 22 heavy (non-hydrogen) atoms. The lowest BCUT2D eigenvalue weighted by molar-refractivity contribution is -0.128. The van der Waals surface area contributed by atoms with Crippen molar-refractivity contribution in [2.24, 2.45) is 11.7 Å². The van der Waals surface area contributed by atoms with Crippen molar-refractivity contribution in [3.8, 4) is 0 Å². The third-order valence-electron chi connectivity index (χ3n) is 2.68. The quantitative estimate of drug-likeness (QED) is 0.331. The highest BCUT2D eigenvalue weighted by molar-refractivity contribution is 5.86. The second-order valence-corrected chi connectivity index (χ2v) is 4.69. The van der Waals surface area contributed by atoms with Crippen LogP contribution in [0.4, 0.5) is 4.79 Å². The van der Waals surface area contributed by atoms with Gasteiger partial charge in [0.25, 0.3) is 0 Å². The van der Waals surface area contributed by atoms with Crippen LogP contribution < -0.4 is 21.7 Å². The molecule has 0 aliphatic heterocycles. The van der Waals surface area contributed by atoms with E-state index in [1.54, 1.807) is 13.8 Å². The zero-order valence-corrected chi connectivity index (χ0v) is 13.7. The SMILES string of the molecule is CC.CC(C)C(NC=O)C(=O)NC(C=O)CCCNC(N)=O. The largest absolute Gasteiger partial charge is 0.352 e. The van der Waals surface area contributed by atoms with Gasteiger partial charge in [0.05, 0.1) is 6.04 Å². The molecule has 2 unspecified atom stereocenters. The van der Waals surface area contributed by atoms with Gasteiger partial charge in [0.1, 0.15) is 12.3 Å². The lowest BCUT2D eigenvalue weighted by Crippen LogP contribution is -2.50. The van der Waals surface area contributed by atoms with Crippen LogP contribution in [0.15, 0.2) is 0 Å². The molecule has 0 saturated carbocycles. The Kier molecular flexibility index (Phi) is 13.9. The molecule has 2 atom stereocenters. The number of primary amides is 1. The number of nitrogens with two attached hydrogens (primary N) is 1. The van der Waals surface area contributed by atoms with Crippen molar-refractivity contribution < 1.29 is 19.2 Å². The van der Waals surface area contributed by atoms with Gasteiger partial charge in [-0.05, 0) is 18.8 Å². The highest BCUT2D eigenvalue weighted by Gasteiger charge is 2.23. The van der Waals surface area contributed by atoms with Crippen LogP contribution in [-0.4, -0.2) is 43.3 Å². The fourth-order valence-corrected chi connectivity index (χ4v) is 1.62. The van der Waals surface area contributed by atoms with Crippen molar-refractivity contribution in [1.82, 2.24) is 16.0 Å². The van der Waals surface area contributed by atoms with E-state index >= 15 is 0 Å². The summed E-state index contributed by atoms with van der Waals surface area (Å²) in [5.74, 6) is -0.504. The summed E-state index contributed by atoms with van der Waals surface area (Å²) in [6.07, 6.45) is 1.96. The van der Waals surface area contributed by atoms with E-state index in [-0.39, 0.29) is 5.92 Å². The summed E-state index contributed by atoms with van der Waals surface area (Å²) in [4.78, 5) is 43.7.